The number of nitrogens with one attached hydrogen (secondary N) is 1. The summed E-state index contributed by atoms with van der Waals surface area (Å²) in [6.45, 7) is 0. The lowest BCUT2D eigenvalue weighted by molar-refractivity contribution is 0.584. The minimum absolute atomic E-state index is 0.0590. The summed E-state index contributed by atoms with van der Waals surface area (Å²) in [6, 6.07) is 27.9. The van der Waals surface area contributed by atoms with Crippen LogP contribution < -0.4 is 11.0 Å². The predicted octanol–water partition coefficient (Wildman–Crippen LogP) is 4.30. The maximum Gasteiger partial charge on any atom is 0.271 e. The van der Waals surface area contributed by atoms with Crippen LogP contribution in [0.4, 0.5) is 11.6 Å². The fourth-order valence-electron chi connectivity index (χ4n) is 6.27. The van der Waals surface area contributed by atoms with E-state index < -0.39 is 10.0 Å². The minimum atomic E-state index is -4.32. The van der Waals surface area contributed by atoms with Gasteiger partial charge in [0.2, 0.25) is 0 Å². The second-order valence-corrected chi connectivity index (χ2v) is 12.3. The van der Waals surface area contributed by atoms with Crippen LogP contribution in [-0.4, -0.2) is 40.7 Å². The van der Waals surface area contributed by atoms with Gasteiger partial charge in [0.15, 0.2) is 34.3 Å². The lowest BCUT2D eigenvalue weighted by atomic mass is 10.1. The number of rotatable bonds is 0. The standard InChI is InChI=1S/C32H16N8O2S/c41-43(42)23-15-7-14-22-24(23)30-36-26-17-9-2-4-11-19(17)28(34-26)39-32-21-13-6-5-12-20(21)31(40(32)43)38-27-18-10-3-1-8-16(18)25(33-27)35-29(22)37-30/h1-15H,(H,33,34,35,36,37,38,39). The third-order valence-corrected chi connectivity index (χ3v) is 9.89. The number of aliphatic imine (C=N–C) groups is 4. The van der Waals surface area contributed by atoms with Gasteiger partial charge in [0.05, 0.1) is 4.90 Å². The molecule has 0 spiro atoms. The average Bonchev–Trinajstić information content (AvgIpc) is 3.75. The fourth-order valence-corrected chi connectivity index (χ4v) is 7.92. The summed E-state index contributed by atoms with van der Waals surface area (Å²) in [4.78, 5) is 32.8. The van der Waals surface area contributed by atoms with E-state index >= 15 is 0 Å². The largest absolute Gasteiger partial charge is 0.324 e. The lowest BCUT2D eigenvalue weighted by Gasteiger charge is -2.10. The van der Waals surface area contributed by atoms with Crippen molar-refractivity contribution in [2.75, 3.05) is 0 Å². The molecule has 2 aromatic heterocycles. The van der Waals surface area contributed by atoms with E-state index in [1.54, 1.807) is 12.1 Å². The lowest BCUT2D eigenvalue weighted by Crippen LogP contribution is -2.35. The number of hydrogen-bond acceptors (Lipinski definition) is 8. The van der Waals surface area contributed by atoms with Gasteiger partial charge >= 0.3 is 0 Å². The Morgan fingerprint density at radius 3 is 1.51 bits per heavy atom. The van der Waals surface area contributed by atoms with Crippen molar-refractivity contribution < 1.29 is 8.42 Å². The van der Waals surface area contributed by atoms with E-state index in [0.717, 1.165) is 22.3 Å². The third kappa shape index (κ3) is 2.88. The molecule has 9 bridgehead atoms. The van der Waals surface area contributed by atoms with Crippen LogP contribution in [0.5, 0.6) is 0 Å². The Labute approximate surface area is 242 Å². The Kier molecular flexibility index (Phi) is 4.10. The second-order valence-electron chi connectivity index (χ2n) is 10.5. The zero-order valence-electron chi connectivity index (χ0n) is 22.0. The van der Waals surface area contributed by atoms with Crippen molar-refractivity contribution in [2.24, 2.45) is 30.0 Å². The first kappa shape index (κ1) is 22.8. The van der Waals surface area contributed by atoms with Crippen LogP contribution in [0.1, 0.15) is 22.3 Å². The van der Waals surface area contributed by atoms with Crippen molar-refractivity contribution in [1.29, 1.82) is 0 Å². The van der Waals surface area contributed by atoms with Crippen molar-refractivity contribution in [3.63, 3.8) is 0 Å². The molecule has 0 atom stereocenters. The van der Waals surface area contributed by atoms with Crippen LogP contribution in [-0.2, 0) is 10.0 Å². The molecule has 4 aliphatic rings. The summed E-state index contributed by atoms with van der Waals surface area (Å²) in [7, 11) is -4.32. The quantitative estimate of drug-likeness (QED) is 0.289. The van der Waals surface area contributed by atoms with Crippen LogP contribution >= 0.6 is 0 Å². The highest BCUT2D eigenvalue weighted by Gasteiger charge is 2.32. The summed E-state index contributed by atoms with van der Waals surface area (Å²) in [5.41, 5.74) is 3.51. The summed E-state index contributed by atoms with van der Waals surface area (Å²) in [5.74, 6) is 2.40. The predicted molar refractivity (Wildman–Crippen MR) is 163 cm³/mol. The first-order chi connectivity index (χ1) is 21.1. The molecule has 202 valence electrons. The molecule has 0 saturated carbocycles. The van der Waals surface area contributed by atoms with Gasteiger partial charge in [-0.2, -0.15) is 3.97 Å². The van der Waals surface area contributed by atoms with Crippen LogP contribution in [0.15, 0.2) is 126 Å². The molecule has 6 heterocycles. The maximum absolute atomic E-state index is 15.0. The van der Waals surface area contributed by atoms with Gasteiger partial charge in [-0.1, -0.05) is 84.9 Å². The van der Waals surface area contributed by atoms with Crippen molar-refractivity contribution in [3.05, 3.63) is 124 Å². The first-order valence-corrected chi connectivity index (χ1v) is 15.0. The van der Waals surface area contributed by atoms with Crippen LogP contribution in [0.3, 0.4) is 0 Å². The number of fused-ring (bicyclic) bond motifs is 11. The van der Waals surface area contributed by atoms with Crippen LogP contribution in [0.2, 0.25) is 0 Å². The normalized spacial score (nSPS) is 16.7. The smallest absolute Gasteiger partial charge is 0.271 e. The Balaban J connectivity index is 1.53. The molecule has 0 fully saturated rings. The SMILES string of the molecule is O=S1(=O)c2cccc3c4[nH]c(c23)N=C2N=C(N=c3c5ccccc5c(n31)=NC1=NC(=N4)c3ccccc31)c1ccccc12. The number of hydrogen-bond donors (Lipinski definition) is 1. The van der Waals surface area contributed by atoms with Gasteiger partial charge in [0.1, 0.15) is 11.6 Å². The van der Waals surface area contributed by atoms with E-state index in [2.05, 4.69) is 4.98 Å². The molecule has 6 aromatic rings. The van der Waals surface area contributed by atoms with Crippen molar-refractivity contribution >= 4 is 66.5 Å². The molecule has 0 amide bonds. The van der Waals surface area contributed by atoms with Crippen molar-refractivity contribution in [2.45, 2.75) is 4.90 Å². The Hall–Kier alpha value is -5.81. The van der Waals surface area contributed by atoms with E-state index in [1.165, 1.54) is 3.97 Å². The van der Waals surface area contributed by atoms with Gasteiger partial charge in [0, 0.05) is 43.8 Å². The average molecular weight is 577 g/mol. The van der Waals surface area contributed by atoms with Gasteiger partial charge in [0.25, 0.3) is 10.0 Å². The van der Waals surface area contributed by atoms with Gasteiger partial charge < -0.3 is 4.98 Å². The summed E-state index contributed by atoms with van der Waals surface area (Å²) in [6.07, 6.45) is 0. The molecule has 1 N–H and O–H groups in total. The molecular formula is C32H16N8O2S. The number of aromatic nitrogens is 2. The van der Waals surface area contributed by atoms with Crippen LogP contribution in [0.25, 0.3) is 21.5 Å². The fraction of sp³-hybridized carbons (Fsp3) is 0. The van der Waals surface area contributed by atoms with E-state index in [0.29, 0.717) is 56.5 Å². The zero-order chi connectivity index (χ0) is 28.4. The van der Waals surface area contributed by atoms with E-state index in [1.807, 2.05) is 78.9 Å². The van der Waals surface area contributed by atoms with Gasteiger partial charge in [-0.3, -0.25) is 0 Å². The zero-order valence-corrected chi connectivity index (χ0v) is 22.8. The molecule has 43 heavy (non-hydrogen) atoms. The molecule has 11 heteroatoms. The molecule has 0 aliphatic carbocycles. The van der Waals surface area contributed by atoms with E-state index in [4.69, 9.17) is 30.0 Å². The van der Waals surface area contributed by atoms with Gasteiger partial charge in [-0.15, -0.1) is 0 Å². The van der Waals surface area contributed by atoms with Crippen molar-refractivity contribution in [1.82, 2.24) is 8.96 Å². The topological polar surface area (TPSA) is 129 Å². The molecule has 10 rings (SSSR count). The van der Waals surface area contributed by atoms with Crippen molar-refractivity contribution in [3.8, 4) is 0 Å². The Bertz CT molecular complexity index is 2660. The number of benzene rings is 4. The highest BCUT2D eigenvalue weighted by molar-refractivity contribution is 7.90. The van der Waals surface area contributed by atoms with E-state index in [9.17, 15) is 8.42 Å². The minimum Gasteiger partial charge on any atom is -0.324 e. The first-order valence-electron chi connectivity index (χ1n) is 13.6. The van der Waals surface area contributed by atoms with Gasteiger partial charge in [-0.05, 0) is 6.07 Å². The molecule has 4 aromatic carbocycles. The molecule has 0 saturated heterocycles. The summed E-state index contributed by atoms with van der Waals surface area (Å²) in [5, 5.41) is 2.24. The van der Waals surface area contributed by atoms with E-state index in [-0.39, 0.29) is 15.9 Å². The highest BCUT2D eigenvalue weighted by atomic mass is 32.2. The molecule has 10 nitrogen and oxygen atoms in total. The van der Waals surface area contributed by atoms with Crippen LogP contribution in [0, 0.1) is 0 Å². The second kappa shape index (κ2) is 7.72. The number of H-pyrrole nitrogens is 1. The molecule has 0 unspecified atom stereocenters. The number of nitrogens with zero attached hydrogens (tertiary/aromatic N) is 7. The third-order valence-electron chi connectivity index (χ3n) is 8.17. The maximum atomic E-state index is 15.0. The summed E-state index contributed by atoms with van der Waals surface area (Å²) < 4.78 is 31.2. The number of amidine groups is 4. The molecule has 0 radical (unpaired) electrons. The van der Waals surface area contributed by atoms with Gasteiger partial charge in [-0.25, -0.2) is 38.4 Å². The molecule has 4 aliphatic heterocycles. The summed E-state index contributed by atoms with van der Waals surface area (Å²) >= 11 is 0. The monoisotopic (exact) mass is 576 g/mol. The number of aromatic amines is 1. The molecular weight excluding hydrogens is 560 g/mol. The Morgan fingerprint density at radius 2 is 0.953 bits per heavy atom. The Morgan fingerprint density at radius 1 is 0.488 bits per heavy atom. The highest BCUT2D eigenvalue weighted by Crippen LogP contribution is 2.40.